The molecule has 1 fully saturated rings. The van der Waals surface area contributed by atoms with Gasteiger partial charge in [0.1, 0.15) is 6.07 Å². The highest BCUT2D eigenvalue weighted by Crippen LogP contribution is 2.38. The zero-order valence-corrected chi connectivity index (χ0v) is 19.9. The summed E-state index contributed by atoms with van der Waals surface area (Å²) in [5.41, 5.74) is 0.439. The van der Waals surface area contributed by atoms with Gasteiger partial charge < -0.3 is 20.1 Å². The molecule has 8 nitrogen and oxygen atoms in total. The standard InChI is InChI=1S/C26H24F3N5O3/c1-2-37-23-20(4-3-11-31-23)21-7-5-19(16-32-21)25(33-24(35)36)9-12-34(13-10-25)22-8-6-18(26(27,28)29)14-17(22)15-30/h3-8,11,14,16,33H,2,9-10,12-13H2,1H3,(H,35,36). The average Bonchev–Trinajstić information content (AvgIpc) is 2.88. The van der Waals surface area contributed by atoms with E-state index < -0.39 is 23.4 Å². The molecule has 0 unspecified atom stereocenters. The number of carbonyl (C=O) groups is 1. The highest BCUT2D eigenvalue weighted by molar-refractivity contribution is 5.68. The van der Waals surface area contributed by atoms with Crippen LogP contribution in [0.1, 0.15) is 36.5 Å². The first-order valence-corrected chi connectivity index (χ1v) is 11.6. The maximum Gasteiger partial charge on any atom is 0.416 e. The van der Waals surface area contributed by atoms with Crippen LogP contribution < -0.4 is 15.0 Å². The van der Waals surface area contributed by atoms with Crippen molar-refractivity contribution in [3.63, 3.8) is 0 Å². The van der Waals surface area contributed by atoms with Crippen LogP contribution in [0.3, 0.4) is 0 Å². The Balaban J connectivity index is 1.59. The summed E-state index contributed by atoms with van der Waals surface area (Å²) in [4.78, 5) is 22.3. The molecule has 1 aliphatic rings. The first kappa shape index (κ1) is 25.8. The number of halogens is 3. The van der Waals surface area contributed by atoms with Gasteiger partial charge >= 0.3 is 12.3 Å². The van der Waals surface area contributed by atoms with E-state index >= 15 is 0 Å². The molecule has 1 aromatic carbocycles. The number of piperidine rings is 1. The molecule has 0 spiro atoms. The summed E-state index contributed by atoms with van der Waals surface area (Å²) in [6.45, 7) is 2.93. The van der Waals surface area contributed by atoms with Crippen LogP contribution in [0.25, 0.3) is 11.3 Å². The third-order valence-electron chi connectivity index (χ3n) is 6.39. The minimum absolute atomic E-state index is 0.0823. The maximum atomic E-state index is 13.1. The molecular formula is C26H24F3N5O3. The number of nitrogens with zero attached hydrogens (tertiary/aromatic N) is 4. The summed E-state index contributed by atoms with van der Waals surface area (Å²) in [6, 6.07) is 12.1. The number of hydrogen-bond donors (Lipinski definition) is 2. The van der Waals surface area contributed by atoms with Gasteiger partial charge in [0.25, 0.3) is 0 Å². The normalized spacial score (nSPS) is 15.1. The Hall–Kier alpha value is -4.33. The van der Waals surface area contributed by atoms with Gasteiger partial charge in [-0.3, -0.25) is 4.98 Å². The van der Waals surface area contributed by atoms with E-state index in [0.29, 0.717) is 60.9 Å². The summed E-state index contributed by atoms with van der Waals surface area (Å²) < 4.78 is 44.8. The lowest BCUT2D eigenvalue weighted by molar-refractivity contribution is -0.137. The molecule has 0 bridgehead atoms. The summed E-state index contributed by atoms with van der Waals surface area (Å²) >= 11 is 0. The van der Waals surface area contributed by atoms with E-state index in [0.717, 1.165) is 12.1 Å². The summed E-state index contributed by atoms with van der Waals surface area (Å²) in [6.07, 6.45) is -1.87. The van der Waals surface area contributed by atoms with E-state index in [1.807, 2.05) is 19.1 Å². The van der Waals surface area contributed by atoms with Gasteiger partial charge in [0.2, 0.25) is 5.88 Å². The fraction of sp³-hybridized carbons (Fsp3) is 0.308. The number of aromatic nitrogens is 2. The van der Waals surface area contributed by atoms with Gasteiger partial charge in [0.15, 0.2) is 0 Å². The van der Waals surface area contributed by atoms with Gasteiger partial charge in [-0.2, -0.15) is 18.4 Å². The molecule has 11 heteroatoms. The Labute approximate surface area is 211 Å². The van der Waals surface area contributed by atoms with Crippen LogP contribution in [-0.4, -0.2) is 40.9 Å². The lowest BCUT2D eigenvalue weighted by Gasteiger charge is -2.43. The Bertz CT molecular complexity index is 1310. The van der Waals surface area contributed by atoms with Crippen LogP contribution in [0.5, 0.6) is 5.88 Å². The molecule has 0 saturated carbocycles. The van der Waals surface area contributed by atoms with Crippen LogP contribution in [0.4, 0.5) is 23.7 Å². The monoisotopic (exact) mass is 511 g/mol. The number of nitriles is 1. The highest BCUT2D eigenvalue weighted by Gasteiger charge is 2.39. The third kappa shape index (κ3) is 5.43. The number of nitrogens with one attached hydrogen (secondary N) is 1. The van der Waals surface area contributed by atoms with Crippen LogP contribution >= 0.6 is 0 Å². The molecule has 3 aromatic rings. The zero-order chi connectivity index (χ0) is 26.6. The number of pyridine rings is 2. The summed E-state index contributed by atoms with van der Waals surface area (Å²) in [5.74, 6) is 0.446. The van der Waals surface area contributed by atoms with Gasteiger partial charge in [0, 0.05) is 25.5 Å². The maximum absolute atomic E-state index is 13.1. The van der Waals surface area contributed by atoms with Crippen LogP contribution in [0, 0.1) is 11.3 Å². The first-order chi connectivity index (χ1) is 17.7. The number of ether oxygens (including phenoxy) is 1. The molecule has 4 rings (SSSR count). The number of hydrogen-bond acceptors (Lipinski definition) is 6. The van der Waals surface area contributed by atoms with Gasteiger partial charge in [-0.25, -0.2) is 9.78 Å². The molecule has 1 aliphatic heterocycles. The number of rotatable bonds is 6. The second kappa shape index (κ2) is 10.3. The van der Waals surface area contributed by atoms with E-state index in [1.165, 1.54) is 6.07 Å². The van der Waals surface area contributed by atoms with Crippen molar-refractivity contribution in [1.82, 2.24) is 15.3 Å². The number of amides is 1. The predicted molar refractivity (Wildman–Crippen MR) is 129 cm³/mol. The molecule has 1 amide bonds. The van der Waals surface area contributed by atoms with Crippen LogP contribution in [0.2, 0.25) is 0 Å². The van der Waals surface area contributed by atoms with E-state index in [2.05, 4.69) is 15.3 Å². The Morgan fingerprint density at radius 3 is 2.57 bits per heavy atom. The topological polar surface area (TPSA) is 111 Å². The van der Waals surface area contributed by atoms with Gasteiger partial charge in [0.05, 0.1) is 40.2 Å². The van der Waals surface area contributed by atoms with Crippen molar-refractivity contribution < 1.29 is 27.8 Å². The fourth-order valence-electron chi connectivity index (χ4n) is 4.57. The minimum atomic E-state index is -4.55. The lowest BCUT2D eigenvalue weighted by Crippen LogP contribution is -2.53. The molecular weight excluding hydrogens is 487 g/mol. The molecule has 2 aromatic heterocycles. The highest BCUT2D eigenvalue weighted by atomic mass is 19.4. The number of benzene rings is 1. The van der Waals surface area contributed by atoms with Crippen molar-refractivity contribution in [3.05, 3.63) is 71.5 Å². The van der Waals surface area contributed by atoms with Gasteiger partial charge in [-0.1, -0.05) is 6.07 Å². The molecule has 192 valence electrons. The Morgan fingerprint density at radius 2 is 1.97 bits per heavy atom. The van der Waals surface area contributed by atoms with Crippen molar-refractivity contribution in [2.45, 2.75) is 31.5 Å². The number of anilines is 1. The van der Waals surface area contributed by atoms with E-state index in [-0.39, 0.29) is 5.56 Å². The molecule has 0 aliphatic carbocycles. The summed E-state index contributed by atoms with van der Waals surface area (Å²) in [7, 11) is 0. The van der Waals surface area contributed by atoms with Crippen molar-refractivity contribution in [1.29, 1.82) is 5.26 Å². The zero-order valence-electron chi connectivity index (χ0n) is 19.9. The largest absolute Gasteiger partial charge is 0.477 e. The molecule has 1 saturated heterocycles. The third-order valence-corrected chi connectivity index (χ3v) is 6.39. The van der Waals surface area contributed by atoms with Crippen molar-refractivity contribution in [3.8, 4) is 23.2 Å². The molecule has 0 radical (unpaired) electrons. The predicted octanol–water partition coefficient (Wildman–Crippen LogP) is 5.20. The molecule has 2 N–H and O–H groups in total. The van der Waals surface area contributed by atoms with Gasteiger partial charge in [-0.15, -0.1) is 0 Å². The first-order valence-electron chi connectivity index (χ1n) is 11.6. The second-order valence-electron chi connectivity index (χ2n) is 8.56. The Morgan fingerprint density at radius 1 is 1.22 bits per heavy atom. The van der Waals surface area contributed by atoms with E-state index in [9.17, 15) is 28.3 Å². The Kier molecular flexibility index (Phi) is 7.20. The average molecular weight is 512 g/mol. The number of alkyl halides is 3. The summed E-state index contributed by atoms with van der Waals surface area (Å²) in [5, 5.41) is 21.7. The van der Waals surface area contributed by atoms with E-state index in [1.54, 1.807) is 35.5 Å². The molecule has 0 atom stereocenters. The van der Waals surface area contributed by atoms with Crippen LogP contribution in [-0.2, 0) is 11.7 Å². The van der Waals surface area contributed by atoms with Crippen molar-refractivity contribution in [2.75, 3.05) is 24.6 Å². The van der Waals surface area contributed by atoms with Crippen molar-refractivity contribution >= 4 is 11.8 Å². The lowest BCUT2D eigenvalue weighted by atomic mass is 9.81. The van der Waals surface area contributed by atoms with Crippen molar-refractivity contribution in [2.24, 2.45) is 0 Å². The minimum Gasteiger partial charge on any atom is -0.477 e. The fourth-order valence-corrected chi connectivity index (χ4v) is 4.57. The SMILES string of the molecule is CCOc1ncccc1-c1ccc(C2(NC(=O)O)CCN(c3ccc(C(F)(F)F)cc3C#N)CC2)cn1. The van der Waals surface area contributed by atoms with E-state index in [4.69, 9.17) is 4.74 Å². The quantitative estimate of drug-likeness (QED) is 0.468. The second-order valence-corrected chi connectivity index (χ2v) is 8.56. The molecule has 37 heavy (non-hydrogen) atoms. The van der Waals surface area contributed by atoms with Crippen LogP contribution in [0.15, 0.2) is 54.9 Å². The number of carboxylic acid groups (broad SMARTS) is 1. The van der Waals surface area contributed by atoms with Gasteiger partial charge in [-0.05, 0) is 61.7 Å². The smallest absolute Gasteiger partial charge is 0.416 e. The molecule has 3 heterocycles.